The Morgan fingerprint density at radius 2 is 2.17 bits per heavy atom. The van der Waals surface area contributed by atoms with Crippen LogP contribution in [0.5, 0.6) is 0 Å². The highest BCUT2D eigenvalue weighted by molar-refractivity contribution is 8.01. The highest BCUT2D eigenvalue weighted by atomic mass is 32.2. The van der Waals surface area contributed by atoms with Crippen LogP contribution in [0.4, 0.5) is 0 Å². The van der Waals surface area contributed by atoms with Crippen molar-refractivity contribution in [1.82, 2.24) is 5.32 Å². The Morgan fingerprint density at radius 1 is 1.33 bits per heavy atom. The molecular formula is C10H19NS. The Bertz CT molecular complexity index is 167. The van der Waals surface area contributed by atoms with E-state index in [9.17, 15) is 0 Å². The second-order valence-electron chi connectivity index (χ2n) is 4.49. The molecule has 12 heavy (non-hydrogen) atoms. The van der Waals surface area contributed by atoms with E-state index in [1.54, 1.807) is 0 Å². The second-order valence-corrected chi connectivity index (χ2v) is 6.31. The van der Waals surface area contributed by atoms with Crippen molar-refractivity contribution < 1.29 is 0 Å². The molecule has 2 aliphatic rings. The summed E-state index contributed by atoms with van der Waals surface area (Å²) in [7, 11) is 0. The summed E-state index contributed by atoms with van der Waals surface area (Å²) in [5.41, 5.74) is 0. The molecule has 2 heteroatoms. The van der Waals surface area contributed by atoms with E-state index in [-0.39, 0.29) is 0 Å². The van der Waals surface area contributed by atoms with Crippen LogP contribution in [0.3, 0.4) is 0 Å². The third kappa shape index (κ3) is 1.64. The lowest BCUT2D eigenvalue weighted by Crippen LogP contribution is -2.45. The van der Waals surface area contributed by atoms with Crippen LogP contribution in [0, 0.1) is 5.92 Å². The van der Waals surface area contributed by atoms with Crippen LogP contribution >= 0.6 is 11.8 Å². The number of hydrogen-bond donors (Lipinski definition) is 1. The lowest BCUT2D eigenvalue weighted by molar-refractivity contribution is 0.435. The van der Waals surface area contributed by atoms with Crippen molar-refractivity contribution in [3.05, 3.63) is 0 Å². The van der Waals surface area contributed by atoms with E-state index in [4.69, 9.17) is 0 Å². The molecule has 0 aromatic rings. The molecule has 1 N–H and O–H groups in total. The van der Waals surface area contributed by atoms with E-state index in [1.807, 2.05) is 0 Å². The van der Waals surface area contributed by atoms with Crippen LogP contribution in [0.2, 0.25) is 0 Å². The largest absolute Gasteiger partial charge is 0.303 e. The third-order valence-electron chi connectivity index (χ3n) is 3.14. The van der Waals surface area contributed by atoms with E-state index in [0.29, 0.717) is 4.87 Å². The minimum absolute atomic E-state index is 0.483. The molecule has 1 heterocycles. The van der Waals surface area contributed by atoms with Gasteiger partial charge in [0, 0.05) is 5.25 Å². The minimum Gasteiger partial charge on any atom is -0.303 e. The maximum absolute atomic E-state index is 3.72. The van der Waals surface area contributed by atoms with E-state index in [0.717, 1.165) is 11.2 Å². The molecule has 1 aliphatic carbocycles. The van der Waals surface area contributed by atoms with E-state index in [2.05, 4.69) is 30.9 Å². The van der Waals surface area contributed by atoms with Crippen LogP contribution in [-0.4, -0.2) is 16.7 Å². The molecule has 1 saturated heterocycles. The molecule has 1 spiro atoms. The fourth-order valence-electron chi connectivity index (χ4n) is 2.50. The quantitative estimate of drug-likeness (QED) is 0.622. The summed E-state index contributed by atoms with van der Waals surface area (Å²) in [5.74, 6) is 0.940. The van der Waals surface area contributed by atoms with E-state index in [1.165, 1.54) is 32.2 Å². The van der Waals surface area contributed by atoms with Gasteiger partial charge < -0.3 is 5.32 Å². The van der Waals surface area contributed by atoms with Gasteiger partial charge in [-0.1, -0.05) is 13.8 Å². The molecule has 3 atom stereocenters. The fourth-order valence-corrected chi connectivity index (χ4v) is 4.31. The fraction of sp³-hybridized carbons (Fsp3) is 1.00. The Balaban J connectivity index is 2.00. The van der Waals surface area contributed by atoms with Gasteiger partial charge in [0.2, 0.25) is 0 Å². The first kappa shape index (κ1) is 8.89. The van der Waals surface area contributed by atoms with Gasteiger partial charge in [0.25, 0.3) is 0 Å². The maximum Gasteiger partial charge on any atom is 0.0650 e. The highest BCUT2D eigenvalue weighted by Crippen LogP contribution is 2.46. The lowest BCUT2D eigenvalue weighted by atomic mass is 10.1. The standard InChI is InChI=1S/C10H19NS/c1-8-3-5-10(7-8)11-6-4-9(2)12-10/h8-9,11H,3-7H2,1-2H3. The first-order chi connectivity index (χ1) is 5.70. The number of hydrogen-bond acceptors (Lipinski definition) is 2. The Morgan fingerprint density at radius 3 is 2.75 bits per heavy atom. The summed E-state index contributed by atoms with van der Waals surface area (Å²) in [6, 6.07) is 0. The van der Waals surface area contributed by atoms with Gasteiger partial charge in [0.1, 0.15) is 0 Å². The number of nitrogens with one attached hydrogen (secondary N) is 1. The van der Waals surface area contributed by atoms with Crippen molar-refractivity contribution in [2.24, 2.45) is 5.92 Å². The molecule has 0 bridgehead atoms. The molecule has 3 unspecified atom stereocenters. The first-order valence-electron chi connectivity index (χ1n) is 5.13. The summed E-state index contributed by atoms with van der Waals surface area (Å²) < 4.78 is 0. The second kappa shape index (κ2) is 3.22. The molecule has 1 aliphatic heterocycles. The number of rotatable bonds is 0. The summed E-state index contributed by atoms with van der Waals surface area (Å²) in [4.78, 5) is 0.483. The van der Waals surface area contributed by atoms with Crippen molar-refractivity contribution in [1.29, 1.82) is 0 Å². The normalized spacial score (nSPS) is 48.5. The van der Waals surface area contributed by atoms with Crippen LogP contribution in [0.1, 0.15) is 39.5 Å². The van der Waals surface area contributed by atoms with Crippen LogP contribution < -0.4 is 5.32 Å². The van der Waals surface area contributed by atoms with Crippen molar-refractivity contribution in [3.8, 4) is 0 Å². The van der Waals surface area contributed by atoms with E-state index >= 15 is 0 Å². The van der Waals surface area contributed by atoms with Gasteiger partial charge in [-0.15, -0.1) is 11.8 Å². The Hall–Kier alpha value is 0.310. The lowest BCUT2D eigenvalue weighted by Gasteiger charge is -2.37. The van der Waals surface area contributed by atoms with Gasteiger partial charge in [-0.05, 0) is 38.1 Å². The highest BCUT2D eigenvalue weighted by Gasteiger charge is 2.40. The van der Waals surface area contributed by atoms with Gasteiger partial charge in [0.15, 0.2) is 0 Å². The zero-order chi connectivity index (χ0) is 8.60. The van der Waals surface area contributed by atoms with Crippen LogP contribution in [0.25, 0.3) is 0 Å². The van der Waals surface area contributed by atoms with Gasteiger partial charge in [-0.25, -0.2) is 0 Å². The Labute approximate surface area is 79.7 Å². The van der Waals surface area contributed by atoms with Crippen molar-refractivity contribution >= 4 is 11.8 Å². The van der Waals surface area contributed by atoms with Gasteiger partial charge in [0.05, 0.1) is 4.87 Å². The SMILES string of the molecule is CC1CCC2(C1)NCCC(C)S2. The summed E-state index contributed by atoms with van der Waals surface area (Å²) in [5, 5.41) is 4.59. The Kier molecular flexibility index (Phi) is 2.39. The minimum atomic E-state index is 0.483. The molecule has 0 amide bonds. The maximum atomic E-state index is 3.72. The van der Waals surface area contributed by atoms with Crippen molar-refractivity contribution in [3.63, 3.8) is 0 Å². The predicted molar refractivity (Wildman–Crippen MR) is 55.4 cm³/mol. The predicted octanol–water partition coefficient (Wildman–Crippen LogP) is 2.62. The zero-order valence-corrected chi connectivity index (χ0v) is 8.91. The molecule has 70 valence electrons. The molecule has 0 radical (unpaired) electrons. The number of thioether (sulfide) groups is 1. The van der Waals surface area contributed by atoms with E-state index < -0.39 is 0 Å². The van der Waals surface area contributed by atoms with Crippen LogP contribution in [-0.2, 0) is 0 Å². The van der Waals surface area contributed by atoms with Crippen molar-refractivity contribution in [2.45, 2.75) is 49.7 Å². The first-order valence-corrected chi connectivity index (χ1v) is 6.01. The molecule has 0 aromatic carbocycles. The zero-order valence-electron chi connectivity index (χ0n) is 8.10. The molecule has 2 rings (SSSR count). The molecule has 0 aromatic heterocycles. The summed E-state index contributed by atoms with van der Waals surface area (Å²) in [6.07, 6.45) is 5.55. The summed E-state index contributed by atoms with van der Waals surface area (Å²) >= 11 is 2.19. The average Bonchev–Trinajstić information content (AvgIpc) is 2.32. The third-order valence-corrected chi connectivity index (χ3v) is 4.75. The van der Waals surface area contributed by atoms with Crippen LogP contribution in [0.15, 0.2) is 0 Å². The van der Waals surface area contributed by atoms with Gasteiger partial charge in [-0.3, -0.25) is 0 Å². The van der Waals surface area contributed by atoms with Crippen molar-refractivity contribution in [2.75, 3.05) is 6.54 Å². The topological polar surface area (TPSA) is 12.0 Å². The van der Waals surface area contributed by atoms with Gasteiger partial charge in [-0.2, -0.15) is 0 Å². The molecular weight excluding hydrogens is 166 g/mol. The van der Waals surface area contributed by atoms with Gasteiger partial charge >= 0.3 is 0 Å². The monoisotopic (exact) mass is 185 g/mol. The molecule has 2 fully saturated rings. The molecule has 1 nitrogen and oxygen atoms in total. The summed E-state index contributed by atoms with van der Waals surface area (Å²) in [6.45, 7) is 5.99. The smallest absolute Gasteiger partial charge is 0.0650 e. The molecule has 1 saturated carbocycles. The average molecular weight is 185 g/mol.